The van der Waals surface area contributed by atoms with Gasteiger partial charge in [-0.1, -0.05) is 20.8 Å². The Balaban J connectivity index is 2.57. The molecule has 0 saturated carbocycles. The number of ether oxygens (including phenoxy) is 1. The zero-order valence-corrected chi connectivity index (χ0v) is 10.2. The predicted molar refractivity (Wildman–Crippen MR) is 60.9 cm³/mol. The Morgan fingerprint density at radius 1 is 1.53 bits per heavy atom. The van der Waals surface area contributed by atoms with E-state index in [0.717, 1.165) is 45.4 Å². The number of carbonyl (C=O) groups excluding carboxylic acids is 1. The molecular formula is C12H23NO2. The number of hydrogen-bond acceptors (Lipinski definition) is 3. The average molecular weight is 213 g/mol. The number of rotatable bonds is 5. The Labute approximate surface area is 92.8 Å². The van der Waals surface area contributed by atoms with Crippen LogP contribution in [0.4, 0.5) is 0 Å². The third-order valence-electron chi connectivity index (χ3n) is 3.48. The molecule has 0 aromatic heterocycles. The lowest BCUT2D eigenvalue weighted by molar-refractivity contribution is -0.118. The first-order valence-electron chi connectivity index (χ1n) is 5.93. The van der Waals surface area contributed by atoms with Crippen LogP contribution in [0.1, 0.15) is 33.6 Å². The molecule has 2 atom stereocenters. The van der Waals surface area contributed by atoms with Crippen LogP contribution in [0.25, 0.3) is 0 Å². The summed E-state index contributed by atoms with van der Waals surface area (Å²) in [6.45, 7) is 9.75. The maximum atomic E-state index is 11.1. The molecule has 1 aliphatic rings. The van der Waals surface area contributed by atoms with E-state index >= 15 is 0 Å². The molecule has 0 aromatic carbocycles. The molecule has 0 spiro atoms. The Hall–Kier alpha value is -0.410. The maximum Gasteiger partial charge on any atom is 0.127 e. The fourth-order valence-electron chi connectivity index (χ4n) is 1.97. The van der Waals surface area contributed by atoms with Gasteiger partial charge in [-0.05, 0) is 12.8 Å². The summed E-state index contributed by atoms with van der Waals surface area (Å²) in [7, 11) is 0. The molecule has 3 heteroatoms. The Kier molecular flexibility index (Phi) is 4.74. The van der Waals surface area contributed by atoms with Gasteiger partial charge in [-0.2, -0.15) is 0 Å². The van der Waals surface area contributed by atoms with Crippen molar-refractivity contribution in [1.29, 1.82) is 0 Å². The van der Waals surface area contributed by atoms with Crippen molar-refractivity contribution in [3.05, 3.63) is 0 Å². The van der Waals surface area contributed by atoms with Crippen molar-refractivity contribution in [2.75, 3.05) is 26.3 Å². The highest BCUT2D eigenvalue weighted by Gasteiger charge is 2.29. The second kappa shape index (κ2) is 5.61. The van der Waals surface area contributed by atoms with Crippen LogP contribution in [0.15, 0.2) is 0 Å². The molecule has 2 unspecified atom stereocenters. The van der Waals surface area contributed by atoms with Crippen LogP contribution in [0.3, 0.4) is 0 Å². The van der Waals surface area contributed by atoms with Gasteiger partial charge < -0.3 is 9.53 Å². The van der Waals surface area contributed by atoms with Gasteiger partial charge in [-0.25, -0.2) is 0 Å². The van der Waals surface area contributed by atoms with E-state index in [1.54, 1.807) is 0 Å². The highest BCUT2D eigenvalue weighted by atomic mass is 16.5. The third kappa shape index (κ3) is 3.28. The lowest BCUT2D eigenvalue weighted by Crippen LogP contribution is -2.49. The van der Waals surface area contributed by atoms with E-state index in [9.17, 15) is 4.79 Å². The van der Waals surface area contributed by atoms with Gasteiger partial charge in [0.1, 0.15) is 6.29 Å². The van der Waals surface area contributed by atoms with E-state index in [0.29, 0.717) is 6.04 Å². The third-order valence-corrected chi connectivity index (χ3v) is 3.48. The molecule has 0 aromatic rings. The quantitative estimate of drug-likeness (QED) is 0.651. The minimum atomic E-state index is -0.190. The van der Waals surface area contributed by atoms with Gasteiger partial charge in [0.25, 0.3) is 0 Å². The number of nitrogens with zero attached hydrogens (tertiary/aromatic N) is 1. The van der Waals surface area contributed by atoms with Crippen molar-refractivity contribution in [3.8, 4) is 0 Å². The zero-order valence-electron chi connectivity index (χ0n) is 10.2. The summed E-state index contributed by atoms with van der Waals surface area (Å²) < 4.78 is 5.46. The molecule has 0 radical (unpaired) electrons. The van der Waals surface area contributed by atoms with E-state index < -0.39 is 0 Å². The molecule has 0 amide bonds. The molecule has 1 aliphatic heterocycles. The van der Waals surface area contributed by atoms with Crippen LogP contribution in [0.2, 0.25) is 0 Å². The monoisotopic (exact) mass is 213 g/mol. The van der Waals surface area contributed by atoms with E-state index in [2.05, 4.69) is 18.7 Å². The molecule has 88 valence electrons. The molecule has 1 fully saturated rings. The fraction of sp³-hybridized carbons (Fsp3) is 0.917. The van der Waals surface area contributed by atoms with Crippen molar-refractivity contribution < 1.29 is 9.53 Å². The number of morpholine rings is 1. The van der Waals surface area contributed by atoms with Crippen LogP contribution in [0, 0.1) is 5.41 Å². The lowest BCUT2D eigenvalue weighted by atomic mass is 9.88. The van der Waals surface area contributed by atoms with Crippen LogP contribution in [-0.4, -0.2) is 43.5 Å². The van der Waals surface area contributed by atoms with Gasteiger partial charge in [0.15, 0.2) is 0 Å². The Morgan fingerprint density at radius 2 is 2.27 bits per heavy atom. The topological polar surface area (TPSA) is 29.5 Å². The molecule has 0 N–H and O–H groups in total. The Morgan fingerprint density at radius 3 is 2.80 bits per heavy atom. The maximum absolute atomic E-state index is 11.1. The molecule has 1 rings (SSSR count). The van der Waals surface area contributed by atoms with Crippen molar-refractivity contribution in [2.45, 2.75) is 39.7 Å². The van der Waals surface area contributed by atoms with E-state index in [4.69, 9.17) is 4.74 Å². The van der Waals surface area contributed by atoms with E-state index in [1.165, 1.54) is 0 Å². The van der Waals surface area contributed by atoms with Gasteiger partial charge >= 0.3 is 0 Å². The number of hydrogen-bond donors (Lipinski definition) is 0. The van der Waals surface area contributed by atoms with E-state index in [1.807, 2.05) is 6.92 Å². The summed E-state index contributed by atoms with van der Waals surface area (Å²) in [4.78, 5) is 13.5. The summed E-state index contributed by atoms with van der Waals surface area (Å²) in [6, 6.07) is 0.490. The SMILES string of the molecule is CCC1COCCN1CC(C)(C=O)CC. The number of aldehydes is 1. The average Bonchev–Trinajstić information content (AvgIpc) is 2.29. The van der Waals surface area contributed by atoms with Crippen LogP contribution < -0.4 is 0 Å². The van der Waals surface area contributed by atoms with Gasteiger partial charge in [0.2, 0.25) is 0 Å². The molecule has 0 bridgehead atoms. The van der Waals surface area contributed by atoms with Gasteiger partial charge in [-0.3, -0.25) is 4.90 Å². The molecule has 1 heterocycles. The van der Waals surface area contributed by atoms with Crippen LogP contribution >= 0.6 is 0 Å². The normalized spacial score (nSPS) is 27.3. The largest absolute Gasteiger partial charge is 0.378 e. The van der Waals surface area contributed by atoms with Gasteiger partial charge in [-0.15, -0.1) is 0 Å². The first-order chi connectivity index (χ1) is 7.15. The summed E-state index contributed by atoms with van der Waals surface area (Å²) in [5.41, 5.74) is -0.190. The first-order valence-corrected chi connectivity index (χ1v) is 5.93. The summed E-state index contributed by atoms with van der Waals surface area (Å²) in [5, 5.41) is 0. The van der Waals surface area contributed by atoms with Crippen LogP contribution in [0.5, 0.6) is 0 Å². The second-order valence-corrected chi connectivity index (χ2v) is 4.73. The lowest BCUT2D eigenvalue weighted by Gasteiger charge is -2.39. The highest BCUT2D eigenvalue weighted by molar-refractivity contribution is 5.58. The summed E-state index contributed by atoms with van der Waals surface area (Å²) in [5.74, 6) is 0. The standard InChI is InChI=1S/C12H23NO2/c1-4-11-8-15-7-6-13(11)9-12(3,5-2)10-14/h10-11H,4-9H2,1-3H3. The second-order valence-electron chi connectivity index (χ2n) is 4.73. The van der Waals surface area contributed by atoms with E-state index in [-0.39, 0.29) is 5.41 Å². The Bertz CT molecular complexity index is 208. The number of carbonyl (C=O) groups is 1. The predicted octanol–water partition coefficient (Wildman–Crippen LogP) is 1.71. The van der Waals surface area contributed by atoms with Crippen LogP contribution in [-0.2, 0) is 9.53 Å². The zero-order chi connectivity index (χ0) is 11.3. The molecule has 1 saturated heterocycles. The highest BCUT2D eigenvalue weighted by Crippen LogP contribution is 2.22. The van der Waals surface area contributed by atoms with Crippen molar-refractivity contribution in [3.63, 3.8) is 0 Å². The smallest absolute Gasteiger partial charge is 0.127 e. The minimum absolute atomic E-state index is 0.190. The van der Waals surface area contributed by atoms with Crippen molar-refractivity contribution in [2.24, 2.45) is 5.41 Å². The minimum Gasteiger partial charge on any atom is -0.378 e. The molecule has 15 heavy (non-hydrogen) atoms. The summed E-state index contributed by atoms with van der Waals surface area (Å²) in [6.07, 6.45) is 3.11. The fourth-order valence-corrected chi connectivity index (χ4v) is 1.97. The molecule has 0 aliphatic carbocycles. The van der Waals surface area contributed by atoms with Gasteiger partial charge in [0.05, 0.1) is 13.2 Å². The first kappa shape index (κ1) is 12.7. The summed E-state index contributed by atoms with van der Waals surface area (Å²) >= 11 is 0. The van der Waals surface area contributed by atoms with Gasteiger partial charge in [0, 0.05) is 24.5 Å². The van der Waals surface area contributed by atoms with Crippen molar-refractivity contribution in [1.82, 2.24) is 4.90 Å². The molecular weight excluding hydrogens is 190 g/mol. The van der Waals surface area contributed by atoms with Crippen molar-refractivity contribution >= 4 is 6.29 Å². The molecule has 3 nitrogen and oxygen atoms in total.